The molecule has 44 heavy (non-hydrogen) atoms. The van der Waals surface area contributed by atoms with Gasteiger partial charge in [-0.2, -0.15) is 0 Å². The fourth-order valence-corrected chi connectivity index (χ4v) is 3.64. The third-order valence-electron chi connectivity index (χ3n) is 5.93. The average molecular weight is 591 g/mol. The summed E-state index contributed by atoms with van der Waals surface area (Å²) >= 11 is 0. The molecule has 0 aliphatic heterocycles. The summed E-state index contributed by atoms with van der Waals surface area (Å²) < 4.78 is 10.0. The van der Waals surface area contributed by atoms with E-state index in [2.05, 4.69) is 63.1 Å². The number of hydrogen-bond acceptors (Lipinski definition) is 6. The Kier molecular flexibility index (Phi) is 13.8. The lowest BCUT2D eigenvalue weighted by atomic mass is 10.1. The maximum absolute atomic E-state index is 11.3. The zero-order valence-corrected chi connectivity index (χ0v) is 25.5. The van der Waals surface area contributed by atoms with E-state index in [0.29, 0.717) is 22.6 Å². The summed E-state index contributed by atoms with van der Waals surface area (Å²) in [5.74, 6) is 0.216. The van der Waals surface area contributed by atoms with Crippen LogP contribution in [0.4, 0.5) is 0 Å². The molecule has 6 nitrogen and oxygen atoms in total. The average Bonchev–Trinajstić information content (AvgIpc) is 3.03. The Morgan fingerprint density at radius 2 is 1.11 bits per heavy atom. The fourth-order valence-electron chi connectivity index (χ4n) is 3.64. The van der Waals surface area contributed by atoms with Gasteiger partial charge in [0.2, 0.25) is 0 Å². The number of ether oxygens (including phenoxy) is 2. The molecule has 0 aliphatic rings. The fraction of sp³-hybridized carbons (Fsp3) is 0.105. The Morgan fingerprint density at radius 3 is 1.70 bits per heavy atom. The van der Waals surface area contributed by atoms with Crippen molar-refractivity contribution in [2.45, 2.75) is 20.8 Å². The van der Waals surface area contributed by atoms with Gasteiger partial charge in [0.05, 0.1) is 0 Å². The number of aliphatic hydroxyl groups excluding tert-OH is 1. The van der Waals surface area contributed by atoms with Gasteiger partial charge in [-0.05, 0) is 90.3 Å². The first-order valence-electron chi connectivity index (χ1n) is 13.7. The Bertz CT molecular complexity index is 1750. The molecule has 2 N–H and O–H groups in total. The van der Waals surface area contributed by atoms with Crippen LogP contribution >= 0.6 is 0 Å². The minimum absolute atomic E-state index is 0.134. The maximum Gasteiger partial charge on any atom is 0.338 e. The van der Waals surface area contributed by atoms with Gasteiger partial charge in [-0.1, -0.05) is 92.0 Å². The van der Waals surface area contributed by atoms with E-state index in [-0.39, 0.29) is 5.75 Å². The highest BCUT2D eigenvalue weighted by Crippen LogP contribution is 2.21. The standard InChI is InChI=1S/C14H12O2.C13H12.C10H10O3.CH4O/c1-10(2)14(15)16-13-8-7-11-5-3-4-6-12(11)9-13;1-3-11-5-7-12-8-10(2)4-6-13(12)9-11;1-7(2)10(12)13-9-5-3-8(11)4-6-9;1-2/h3-9H,1H2,2H3;3-9H,1H2,2H3;3-6,11H,1H2,2H3;2H,1H3. The van der Waals surface area contributed by atoms with Crippen molar-refractivity contribution in [1.29, 1.82) is 0 Å². The van der Waals surface area contributed by atoms with E-state index < -0.39 is 11.9 Å². The highest BCUT2D eigenvalue weighted by molar-refractivity contribution is 5.90. The van der Waals surface area contributed by atoms with Crippen LogP contribution in [0.25, 0.3) is 27.6 Å². The molecule has 0 heterocycles. The van der Waals surface area contributed by atoms with Crippen molar-refractivity contribution >= 4 is 39.6 Å². The second kappa shape index (κ2) is 17.5. The van der Waals surface area contributed by atoms with E-state index in [4.69, 9.17) is 19.7 Å². The van der Waals surface area contributed by atoms with Crippen molar-refractivity contribution in [1.82, 2.24) is 0 Å². The van der Waals surface area contributed by atoms with Crippen LogP contribution in [-0.4, -0.2) is 29.3 Å². The smallest absolute Gasteiger partial charge is 0.338 e. The molecule has 0 amide bonds. The Morgan fingerprint density at radius 1 is 0.636 bits per heavy atom. The number of aryl methyl sites for hydroxylation is 1. The summed E-state index contributed by atoms with van der Waals surface area (Å²) in [6.07, 6.45) is 1.87. The second-order valence-electron chi connectivity index (χ2n) is 9.66. The summed E-state index contributed by atoms with van der Waals surface area (Å²) in [6, 6.07) is 32.2. The van der Waals surface area contributed by atoms with Crippen molar-refractivity contribution < 1.29 is 29.3 Å². The Labute approximate surface area is 258 Å². The van der Waals surface area contributed by atoms with E-state index >= 15 is 0 Å². The molecule has 0 radical (unpaired) electrons. The number of aliphatic hydroxyl groups is 1. The minimum Gasteiger partial charge on any atom is -0.508 e. The van der Waals surface area contributed by atoms with Crippen LogP contribution in [0, 0.1) is 6.92 Å². The van der Waals surface area contributed by atoms with Crippen molar-refractivity contribution in [3.63, 3.8) is 0 Å². The normalized spacial score (nSPS) is 9.57. The molecule has 0 aromatic heterocycles. The van der Waals surface area contributed by atoms with E-state index in [0.717, 1.165) is 17.9 Å². The van der Waals surface area contributed by atoms with Crippen LogP contribution in [-0.2, 0) is 9.59 Å². The molecule has 0 aliphatic carbocycles. The van der Waals surface area contributed by atoms with Crippen LogP contribution in [0.5, 0.6) is 17.2 Å². The quantitative estimate of drug-likeness (QED) is 0.121. The van der Waals surface area contributed by atoms with Gasteiger partial charge in [0.15, 0.2) is 0 Å². The third-order valence-corrected chi connectivity index (χ3v) is 5.93. The van der Waals surface area contributed by atoms with Crippen LogP contribution in [0.2, 0.25) is 0 Å². The molecule has 5 rings (SSSR count). The summed E-state index contributed by atoms with van der Waals surface area (Å²) in [5.41, 5.74) is 3.22. The molecule has 0 unspecified atom stereocenters. The molecule has 5 aromatic carbocycles. The summed E-state index contributed by atoms with van der Waals surface area (Å²) in [7, 11) is 1.00. The van der Waals surface area contributed by atoms with E-state index in [1.165, 1.54) is 46.2 Å². The first-order chi connectivity index (χ1) is 21.0. The third kappa shape index (κ3) is 11.1. The maximum atomic E-state index is 11.3. The molecular weight excluding hydrogens is 552 g/mol. The Hall–Kier alpha value is -5.46. The van der Waals surface area contributed by atoms with Crippen LogP contribution in [0.1, 0.15) is 25.0 Å². The molecular formula is C38H38O6. The number of esters is 2. The van der Waals surface area contributed by atoms with Crippen molar-refractivity contribution in [2.75, 3.05) is 7.11 Å². The first-order valence-corrected chi connectivity index (χ1v) is 13.7. The molecule has 0 saturated heterocycles. The first kappa shape index (κ1) is 34.7. The lowest BCUT2D eigenvalue weighted by Gasteiger charge is -2.04. The predicted octanol–water partition coefficient (Wildman–Crippen LogP) is 8.59. The van der Waals surface area contributed by atoms with Crippen molar-refractivity contribution in [3.8, 4) is 17.2 Å². The molecule has 0 bridgehead atoms. The summed E-state index contributed by atoms with van der Waals surface area (Å²) in [4.78, 5) is 22.3. The zero-order chi connectivity index (χ0) is 32.6. The van der Waals surface area contributed by atoms with Crippen molar-refractivity contribution in [2.24, 2.45) is 0 Å². The Balaban J connectivity index is 0.000000225. The van der Waals surface area contributed by atoms with Gasteiger partial charge in [0.25, 0.3) is 0 Å². The van der Waals surface area contributed by atoms with E-state index in [1.807, 2.05) is 42.5 Å². The van der Waals surface area contributed by atoms with E-state index in [9.17, 15) is 9.59 Å². The molecule has 226 valence electrons. The van der Waals surface area contributed by atoms with Crippen molar-refractivity contribution in [3.05, 3.63) is 145 Å². The monoisotopic (exact) mass is 590 g/mol. The SMILES string of the molecule is C=C(C)C(=O)Oc1ccc(O)cc1.C=C(C)C(=O)Oc1ccc2ccccc2c1.C=Cc1ccc2cc(C)ccc2c1.CO. The van der Waals surface area contributed by atoms with Gasteiger partial charge < -0.3 is 19.7 Å². The van der Waals surface area contributed by atoms with Gasteiger partial charge >= 0.3 is 11.9 Å². The summed E-state index contributed by atoms with van der Waals surface area (Å²) in [5, 5.41) is 20.7. The van der Waals surface area contributed by atoms with Crippen LogP contribution in [0.3, 0.4) is 0 Å². The number of carbonyl (C=O) groups is 2. The van der Waals surface area contributed by atoms with Gasteiger partial charge in [0.1, 0.15) is 17.2 Å². The molecule has 6 heteroatoms. The molecule has 0 saturated carbocycles. The van der Waals surface area contributed by atoms with Crippen LogP contribution in [0.15, 0.2) is 134 Å². The topological polar surface area (TPSA) is 93.1 Å². The lowest BCUT2D eigenvalue weighted by Crippen LogP contribution is -2.07. The van der Waals surface area contributed by atoms with Crippen LogP contribution < -0.4 is 9.47 Å². The number of benzene rings is 5. The highest BCUT2D eigenvalue weighted by Gasteiger charge is 2.06. The number of fused-ring (bicyclic) bond motifs is 2. The number of carbonyl (C=O) groups excluding carboxylic acids is 2. The second-order valence-corrected chi connectivity index (χ2v) is 9.66. The number of aromatic hydroxyl groups is 1. The minimum atomic E-state index is -0.467. The number of phenolic OH excluding ortho intramolecular Hbond substituents is 1. The largest absolute Gasteiger partial charge is 0.508 e. The van der Waals surface area contributed by atoms with Gasteiger partial charge in [0, 0.05) is 18.3 Å². The van der Waals surface area contributed by atoms with Gasteiger partial charge in [-0.25, -0.2) is 9.59 Å². The number of rotatable bonds is 5. The highest BCUT2D eigenvalue weighted by atomic mass is 16.5. The lowest BCUT2D eigenvalue weighted by molar-refractivity contribution is -0.130. The van der Waals surface area contributed by atoms with Gasteiger partial charge in [-0.3, -0.25) is 0 Å². The molecule has 0 atom stereocenters. The zero-order valence-electron chi connectivity index (χ0n) is 25.5. The van der Waals surface area contributed by atoms with E-state index in [1.54, 1.807) is 19.9 Å². The predicted molar refractivity (Wildman–Crippen MR) is 180 cm³/mol. The number of phenols is 1. The molecule has 0 fully saturated rings. The van der Waals surface area contributed by atoms with Gasteiger partial charge in [-0.15, -0.1) is 0 Å². The number of hydrogen-bond donors (Lipinski definition) is 2. The molecule has 0 spiro atoms. The molecule has 5 aromatic rings. The summed E-state index contributed by atoms with van der Waals surface area (Å²) in [6.45, 7) is 16.1.